The van der Waals surface area contributed by atoms with Crippen LogP contribution in [0.5, 0.6) is 0 Å². The van der Waals surface area contributed by atoms with Gasteiger partial charge in [0.05, 0.1) is 11.3 Å². The molecule has 0 saturated heterocycles. The molecule has 0 amide bonds. The molecule has 1 aliphatic rings. The number of rotatable bonds is 5. The second-order valence-corrected chi connectivity index (χ2v) is 9.51. The molecule has 0 spiro atoms. The van der Waals surface area contributed by atoms with Crippen LogP contribution in [0.4, 0.5) is 0 Å². The zero-order valence-corrected chi connectivity index (χ0v) is 18.2. The third kappa shape index (κ3) is 4.75. The number of pyridine rings is 1. The Morgan fingerprint density at radius 2 is 1.93 bits per heavy atom. The molecule has 0 saturated carbocycles. The van der Waals surface area contributed by atoms with Gasteiger partial charge in [0.1, 0.15) is 5.69 Å². The van der Waals surface area contributed by atoms with Crippen molar-refractivity contribution in [3.63, 3.8) is 0 Å². The highest BCUT2D eigenvalue weighted by Crippen LogP contribution is 2.43. The van der Waals surface area contributed by atoms with Gasteiger partial charge in [0.2, 0.25) is 0 Å². The van der Waals surface area contributed by atoms with Crippen LogP contribution in [0, 0.1) is 5.41 Å². The normalized spacial score (nSPS) is 17.7. The van der Waals surface area contributed by atoms with E-state index in [1.807, 2.05) is 32.9 Å². The number of carboxylic acid groups (broad SMARTS) is 1. The van der Waals surface area contributed by atoms with Crippen molar-refractivity contribution >= 4 is 11.5 Å². The second kappa shape index (κ2) is 7.75. The molecule has 0 aliphatic heterocycles. The Balaban J connectivity index is 2.22. The first kappa shape index (κ1) is 21.2. The molecule has 1 N–H and O–H groups in total. The Kier molecular flexibility index (Phi) is 5.68. The highest BCUT2D eigenvalue weighted by Gasteiger charge is 2.35. The van der Waals surface area contributed by atoms with Crippen LogP contribution in [0.15, 0.2) is 30.6 Å². The maximum atomic E-state index is 12.2. The number of aliphatic carboxylic acids is 1. The molecule has 29 heavy (non-hydrogen) atoms. The van der Waals surface area contributed by atoms with E-state index < -0.39 is 17.7 Å². The SMILES string of the molecule is Cn1nc(-c2ccncc2)c(C2=CCC(C)(C)CC2)c1C(OC(C)(C)C)C(=O)O. The fourth-order valence-corrected chi connectivity index (χ4v) is 3.75. The molecule has 156 valence electrons. The fourth-order valence-electron chi connectivity index (χ4n) is 3.75. The predicted octanol–water partition coefficient (Wildman–Crippen LogP) is 5.02. The summed E-state index contributed by atoms with van der Waals surface area (Å²) >= 11 is 0. The molecule has 6 heteroatoms. The Bertz CT molecular complexity index is 921. The standard InChI is InChI=1S/C23H31N3O3/c1-22(2,3)29-20(21(27)28)19-17(15-7-11-23(4,5)12-8-15)18(25-26(19)6)16-9-13-24-14-10-16/h7,9-10,13-14,20H,8,11-12H2,1-6H3,(H,27,28). The van der Waals surface area contributed by atoms with Gasteiger partial charge in [0.15, 0.2) is 6.10 Å². The molecule has 0 bridgehead atoms. The molecule has 0 fully saturated rings. The van der Waals surface area contributed by atoms with Crippen LogP contribution >= 0.6 is 0 Å². The van der Waals surface area contributed by atoms with Crippen LogP contribution in [-0.2, 0) is 16.6 Å². The lowest BCUT2D eigenvalue weighted by Gasteiger charge is -2.30. The van der Waals surface area contributed by atoms with Crippen molar-refractivity contribution in [2.75, 3.05) is 0 Å². The molecule has 1 atom stereocenters. The summed E-state index contributed by atoms with van der Waals surface area (Å²) in [6.07, 6.45) is 7.47. The molecule has 6 nitrogen and oxygen atoms in total. The molecule has 0 aromatic carbocycles. The van der Waals surface area contributed by atoms with Crippen molar-refractivity contribution in [1.82, 2.24) is 14.8 Å². The Hall–Kier alpha value is -2.47. The second-order valence-electron chi connectivity index (χ2n) is 9.51. The monoisotopic (exact) mass is 397 g/mol. The van der Waals surface area contributed by atoms with Crippen molar-refractivity contribution in [3.8, 4) is 11.3 Å². The minimum absolute atomic E-state index is 0.247. The van der Waals surface area contributed by atoms with Crippen molar-refractivity contribution in [2.24, 2.45) is 12.5 Å². The number of ether oxygens (including phenoxy) is 1. The number of aryl methyl sites for hydroxylation is 1. The third-order valence-electron chi connectivity index (χ3n) is 5.28. The third-order valence-corrected chi connectivity index (χ3v) is 5.28. The maximum absolute atomic E-state index is 12.2. The molecule has 2 heterocycles. The van der Waals surface area contributed by atoms with Gasteiger partial charge in [-0.05, 0) is 63.2 Å². The summed E-state index contributed by atoms with van der Waals surface area (Å²) < 4.78 is 7.65. The fraction of sp³-hybridized carbons (Fsp3) is 0.522. The molecule has 2 aromatic rings. The average Bonchev–Trinajstić information content (AvgIpc) is 2.96. The van der Waals surface area contributed by atoms with Crippen molar-refractivity contribution in [2.45, 2.75) is 65.6 Å². The van der Waals surface area contributed by atoms with E-state index in [0.29, 0.717) is 5.69 Å². The van der Waals surface area contributed by atoms with Gasteiger partial charge in [0.25, 0.3) is 0 Å². The van der Waals surface area contributed by atoms with E-state index in [0.717, 1.165) is 41.7 Å². The maximum Gasteiger partial charge on any atom is 0.339 e. The van der Waals surface area contributed by atoms with Gasteiger partial charge in [0, 0.05) is 30.6 Å². The van der Waals surface area contributed by atoms with E-state index in [1.54, 1.807) is 24.1 Å². The largest absolute Gasteiger partial charge is 0.479 e. The lowest BCUT2D eigenvalue weighted by atomic mass is 9.76. The van der Waals surface area contributed by atoms with Crippen molar-refractivity contribution < 1.29 is 14.6 Å². The summed E-state index contributed by atoms with van der Waals surface area (Å²) in [6, 6.07) is 3.81. The van der Waals surface area contributed by atoms with Crippen LogP contribution in [0.25, 0.3) is 16.8 Å². The van der Waals surface area contributed by atoms with Gasteiger partial charge >= 0.3 is 5.97 Å². The lowest BCUT2D eigenvalue weighted by molar-refractivity contribution is -0.161. The van der Waals surface area contributed by atoms with E-state index in [1.165, 1.54) is 0 Å². The quantitative estimate of drug-likeness (QED) is 0.767. The first-order valence-corrected chi connectivity index (χ1v) is 10.1. The zero-order valence-electron chi connectivity index (χ0n) is 18.2. The summed E-state index contributed by atoms with van der Waals surface area (Å²) in [5, 5.41) is 14.7. The van der Waals surface area contributed by atoms with E-state index in [4.69, 9.17) is 9.84 Å². The van der Waals surface area contributed by atoms with Gasteiger partial charge in [-0.25, -0.2) is 4.79 Å². The van der Waals surface area contributed by atoms with Gasteiger partial charge in [-0.3, -0.25) is 9.67 Å². The predicted molar refractivity (Wildman–Crippen MR) is 113 cm³/mol. The number of nitrogens with zero attached hydrogens (tertiary/aromatic N) is 3. The van der Waals surface area contributed by atoms with Crippen LogP contribution in [-0.4, -0.2) is 31.4 Å². The number of hydrogen-bond acceptors (Lipinski definition) is 4. The highest BCUT2D eigenvalue weighted by molar-refractivity contribution is 5.85. The summed E-state index contributed by atoms with van der Waals surface area (Å²) in [6.45, 7) is 10.1. The number of aromatic nitrogens is 3. The van der Waals surface area contributed by atoms with Crippen molar-refractivity contribution in [3.05, 3.63) is 41.9 Å². The summed E-state index contributed by atoms with van der Waals surface area (Å²) in [5.41, 5.74) is 3.95. The summed E-state index contributed by atoms with van der Waals surface area (Å²) in [7, 11) is 1.79. The van der Waals surface area contributed by atoms with Gasteiger partial charge in [-0.2, -0.15) is 5.10 Å². The van der Waals surface area contributed by atoms with Crippen LogP contribution in [0.1, 0.15) is 71.2 Å². The minimum atomic E-state index is -1.10. The van der Waals surface area contributed by atoms with Gasteiger partial charge in [-0.15, -0.1) is 0 Å². The number of allylic oxidation sites excluding steroid dienone is 2. The van der Waals surface area contributed by atoms with E-state index in [-0.39, 0.29) is 5.41 Å². The van der Waals surface area contributed by atoms with E-state index >= 15 is 0 Å². The van der Waals surface area contributed by atoms with Crippen LogP contribution < -0.4 is 0 Å². The Labute approximate surface area is 172 Å². The molecule has 1 aliphatic carbocycles. The Morgan fingerprint density at radius 1 is 1.28 bits per heavy atom. The average molecular weight is 398 g/mol. The number of carbonyl (C=O) groups is 1. The summed E-state index contributed by atoms with van der Waals surface area (Å²) in [4.78, 5) is 16.3. The minimum Gasteiger partial charge on any atom is -0.479 e. The Morgan fingerprint density at radius 3 is 2.45 bits per heavy atom. The summed E-state index contributed by atoms with van der Waals surface area (Å²) in [5.74, 6) is -1.01. The first-order valence-electron chi connectivity index (χ1n) is 10.1. The zero-order chi connectivity index (χ0) is 21.4. The molecule has 1 unspecified atom stereocenters. The smallest absolute Gasteiger partial charge is 0.339 e. The molecular formula is C23H31N3O3. The molecule has 3 rings (SSSR count). The van der Waals surface area contributed by atoms with Gasteiger partial charge in [-0.1, -0.05) is 19.9 Å². The van der Waals surface area contributed by atoms with E-state index in [9.17, 15) is 9.90 Å². The molecule has 0 radical (unpaired) electrons. The topological polar surface area (TPSA) is 77.2 Å². The van der Waals surface area contributed by atoms with E-state index in [2.05, 4.69) is 24.9 Å². The van der Waals surface area contributed by atoms with Gasteiger partial charge < -0.3 is 9.84 Å². The highest BCUT2D eigenvalue weighted by atomic mass is 16.5. The lowest BCUT2D eigenvalue weighted by Crippen LogP contribution is -2.29. The molecular weight excluding hydrogens is 366 g/mol. The van der Waals surface area contributed by atoms with Crippen molar-refractivity contribution in [1.29, 1.82) is 0 Å². The first-order chi connectivity index (χ1) is 13.5. The number of carboxylic acids is 1. The van der Waals surface area contributed by atoms with Crippen LogP contribution in [0.2, 0.25) is 0 Å². The number of hydrogen-bond donors (Lipinski definition) is 1. The van der Waals surface area contributed by atoms with Crippen LogP contribution in [0.3, 0.4) is 0 Å². The molecule has 2 aromatic heterocycles.